The van der Waals surface area contributed by atoms with Gasteiger partial charge in [-0.1, -0.05) is 11.6 Å². The summed E-state index contributed by atoms with van der Waals surface area (Å²) < 4.78 is 5.31. The molecule has 2 nitrogen and oxygen atoms in total. The Morgan fingerprint density at radius 1 is 1.26 bits per heavy atom. The minimum Gasteiger partial charge on any atom is -0.497 e. The van der Waals surface area contributed by atoms with Crippen molar-refractivity contribution in [3.8, 4) is 5.75 Å². The summed E-state index contributed by atoms with van der Waals surface area (Å²) in [5.41, 5.74) is 3.93. The van der Waals surface area contributed by atoms with Crippen LogP contribution in [0.4, 0.5) is 0 Å². The van der Waals surface area contributed by atoms with Gasteiger partial charge in [0.2, 0.25) is 0 Å². The van der Waals surface area contributed by atoms with Gasteiger partial charge in [-0.25, -0.2) is 0 Å². The molecule has 0 aromatic heterocycles. The van der Waals surface area contributed by atoms with E-state index < -0.39 is 0 Å². The maximum absolute atomic E-state index is 12.5. The van der Waals surface area contributed by atoms with E-state index in [-0.39, 0.29) is 5.41 Å². The number of ether oxygens (including phenoxy) is 1. The first-order valence-corrected chi connectivity index (χ1v) is 7.08. The van der Waals surface area contributed by atoms with Crippen molar-refractivity contribution in [3.63, 3.8) is 0 Å². The van der Waals surface area contributed by atoms with Crippen LogP contribution in [0.15, 0.2) is 29.8 Å². The lowest BCUT2D eigenvalue weighted by molar-refractivity contribution is 0.0823. The summed E-state index contributed by atoms with van der Waals surface area (Å²) in [5.74, 6) is 1.90. The van der Waals surface area contributed by atoms with Gasteiger partial charge in [-0.05, 0) is 60.8 Å². The monoisotopic (exact) mass is 254 g/mol. The molecule has 2 atom stereocenters. The topological polar surface area (TPSA) is 26.3 Å². The Balaban J connectivity index is 1.77. The highest BCUT2D eigenvalue weighted by molar-refractivity contribution is 5.99. The zero-order valence-corrected chi connectivity index (χ0v) is 11.2. The van der Waals surface area contributed by atoms with Gasteiger partial charge in [-0.3, -0.25) is 4.79 Å². The number of carbonyl (C=O) groups is 1. The van der Waals surface area contributed by atoms with Crippen molar-refractivity contribution in [1.29, 1.82) is 0 Å². The van der Waals surface area contributed by atoms with Crippen molar-refractivity contribution in [3.05, 3.63) is 41.0 Å². The van der Waals surface area contributed by atoms with Gasteiger partial charge in [-0.15, -0.1) is 0 Å². The molecular formula is C17H18O2. The first-order chi connectivity index (χ1) is 9.20. The summed E-state index contributed by atoms with van der Waals surface area (Å²) in [6.07, 6.45) is 7.73. The van der Waals surface area contributed by atoms with E-state index in [4.69, 9.17) is 4.74 Å². The number of benzene rings is 1. The van der Waals surface area contributed by atoms with Crippen LogP contribution in [0.1, 0.15) is 41.6 Å². The maximum atomic E-state index is 12.5. The molecule has 4 rings (SSSR count). The average Bonchev–Trinajstić information content (AvgIpc) is 2.98. The molecule has 0 heterocycles. The fourth-order valence-electron chi connectivity index (χ4n) is 4.39. The third kappa shape index (κ3) is 1.52. The minimum atomic E-state index is 0.223. The summed E-state index contributed by atoms with van der Waals surface area (Å²) in [6.45, 7) is 0. The number of ketones is 1. The van der Waals surface area contributed by atoms with Crippen LogP contribution in [-0.4, -0.2) is 12.9 Å². The average molecular weight is 254 g/mol. The van der Waals surface area contributed by atoms with Gasteiger partial charge in [-0.2, -0.15) is 0 Å². The van der Waals surface area contributed by atoms with E-state index in [1.807, 2.05) is 12.1 Å². The zero-order chi connectivity index (χ0) is 13.0. The Labute approximate surface area is 113 Å². The number of rotatable bonds is 1. The smallest absolute Gasteiger partial charge is 0.163 e. The molecule has 2 unspecified atom stereocenters. The van der Waals surface area contributed by atoms with Crippen LogP contribution >= 0.6 is 0 Å². The first kappa shape index (κ1) is 11.3. The molecule has 0 radical (unpaired) electrons. The van der Waals surface area contributed by atoms with Gasteiger partial charge in [0.15, 0.2) is 5.78 Å². The van der Waals surface area contributed by atoms with Crippen LogP contribution in [0.3, 0.4) is 0 Å². The Bertz CT molecular complexity index is 599. The summed E-state index contributed by atoms with van der Waals surface area (Å²) in [5, 5.41) is 0. The highest BCUT2D eigenvalue weighted by Crippen LogP contribution is 2.58. The molecule has 0 aliphatic heterocycles. The van der Waals surface area contributed by atoms with Crippen molar-refractivity contribution >= 4 is 5.78 Å². The molecule has 3 aliphatic carbocycles. The van der Waals surface area contributed by atoms with Crippen molar-refractivity contribution in [2.45, 2.75) is 32.1 Å². The van der Waals surface area contributed by atoms with Gasteiger partial charge in [0.1, 0.15) is 5.75 Å². The summed E-state index contributed by atoms with van der Waals surface area (Å²) >= 11 is 0. The van der Waals surface area contributed by atoms with Crippen molar-refractivity contribution in [2.75, 3.05) is 7.11 Å². The van der Waals surface area contributed by atoms with Crippen LogP contribution in [0.25, 0.3) is 0 Å². The van der Waals surface area contributed by atoms with E-state index in [2.05, 4.69) is 12.1 Å². The van der Waals surface area contributed by atoms with Crippen LogP contribution in [-0.2, 0) is 6.42 Å². The van der Waals surface area contributed by atoms with Gasteiger partial charge in [0, 0.05) is 12.0 Å². The Kier molecular flexibility index (Phi) is 2.21. The second kappa shape index (κ2) is 3.72. The summed E-state index contributed by atoms with van der Waals surface area (Å²) in [6, 6.07) is 5.91. The molecule has 0 saturated heterocycles. The van der Waals surface area contributed by atoms with E-state index in [1.54, 1.807) is 12.7 Å². The molecule has 2 bridgehead atoms. The van der Waals surface area contributed by atoms with Gasteiger partial charge in [0.25, 0.3) is 0 Å². The van der Waals surface area contributed by atoms with Crippen LogP contribution in [0.5, 0.6) is 5.75 Å². The van der Waals surface area contributed by atoms with E-state index in [1.165, 1.54) is 18.4 Å². The summed E-state index contributed by atoms with van der Waals surface area (Å²) in [4.78, 5) is 12.5. The third-order valence-corrected chi connectivity index (χ3v) is 5.31. The number of Topliss-reactive ketones (excluding diaryl/α,β-unsaturated/α-hetero) is 1. The van der Waals surface area contributed by atoms with Gasteiger partial charge < -0.3 is 4.74 Å². The van der Waals surface area contributed by atoms with Crippen LogP contribution in [0, 0.1) is 11.3 Å². The lowest BCUT2D eigenvalue weighted by Gasteiger charge is -2.39. The molecule has 2 heteroatoms. The molecule has 1 aromatic rings. The highest BCUT2D eigenvalue weighted by atomic mass is 16.5. The number of carbonyl (C=O) groups excluding carboxylic acids is 1. The minimum absolute atomic E-state index is 0.223. The quantitative estimate of drug-likeness (QED) is 0.716. The second-order valence-corrected chi connectivity index (χ2v) is 6.34. The second-order valence-electron chi connectivity index (χ2n) is 6.34. The fraction of sp³-hybridized carbons (Fsp3) is 0.471. The largest absolute Gasteiger partial charge is 0.497 e. The molecule has 1 saturated carbocycles. The number of allylic oxidation sites excluding steroid dienone is 2. The van der Waals surface area contributed by atoms with Crippen LogP contribution in [0.2, 0.25) is 0 Å². The SMILES string of the molecule is COc1ccc2c(c1)CC1(CC2=O)CC2=CCC1C2. The van der Waals surface area contributed by atoms with E-state index in [9.17, 15) is 4.79 Å². The van der Waals surface area contributed by atoms with Gasteiger partial charge >= 0.3 is 0 Å². The molecule has 1 fully saturated rings. The highest BCUT2D eigenvalue weighted by Gasteiger charge is 2.50. The number of fused-ring (bicyclic) bond motifs is 4. The lowest BCUT2D eigenvalue weighted by Crippen LogP contribution is -2.36. The lowest BCUT2D eigenvalue weighted by atomic mass is 9.63. The fourth-order valence-corrected chi connectivity index (χ4v) is 4.39. The third-order valence-electron chi connectivity index (χ3n) is 5.31. The standard InChI is InChI=1S/C17H18O2/c1-19-14-4-5-15-12(7-14)9-17(10-16(15)18)8-11-2-3-13(17)6-11/h2,4-5,7,13H,3,6,8-10H2,1H3. The number of methoxy groups -OCH3 is 1. The Hall–Kier alpha value is -1.57. The molecular weight excluding hydrogens is 236 g/mol. The predicted molar refractivity (Wildman–Crippen MR) is 73.5 cm³/mol. The van der Waals surface area contributed by atoms with Crippen LogP contribution < -0.4 is 4.74 Å². The summed E-state index contributed by atoms with van der Waals surface area (Å²) in [7, 11) is 1.69. The molecule has 1 spiro atoms. The predicted octanol–water partition coefficient (Wildman–Crippen LogP) is 3.55. The van der Waals surface area contributed by atoms with E-state index in [0.29, 0.717) is 11.7 Å². The molecule has 98 valence electrons. The molecule has 3 aliphatic rings. The maximum Gasteiger partial charge on any atom is 0.163 e. The molecule has 0 N–H and O–H groups in total. The molecule has 1 aromatic carbocycles. The normalized spacial score (nSPS) is 31.5. The van der Waals surface area contributed by atoms with Gasteiger partial charge in [0.05, 0.1) is 7.11 Å². The van der Waals surface area contributed by atoms with E-state index in [0.717, 1.165) is 30.6 Å². The number of hydrogen-bond acceptors (Lipinski definition) is 2. The molecule has 19 heavy (non-hydrogen) atoms. The molecule has 0 amide bonds. The first-order valence-electron chi connectivity index (χ1n) is 7.08. The Morgan fingerprint density at radius 3 is 2.84 bits per heavy atom. The van der Waals surface area contributed by atoms with Crippen molar-refractivity contribution < 1.29 is 9.53 Å². The zero-order valence-electron chi connectivity index (χ0n) is 11.2. The number of hydrogen-bond donors (Lipinski definition) is 0. The Morgan fingerprint density at radius 2 is 2.16 bits per heavy atom. The van der Waals surface area contributed by atoms with E-state index >= 15 is 0 Å². The van der Waals surface area contributed by atoms with Crippen molar-refractivity contribution in [2.24, 2.45) is 11.3 Å². The van der Waals surface area contributed by atoms with Crippen molar-refractivity contribution in [1.82, 2.24) is 0 Å².